The smallest absolute Gasteiger partial charge is 0.354 e. The van der Waals surface area contributed by atoms with Gasteiger partial charge in [-0.2, -0.15) is 0 Å². The quantitative estimate of drug-likeness (QED) is 0.923. The maximum Gasteiger partial charge on any atom is 0.354 e. The Labute approximate surface area is 119 Å². The summed E-state index contributed by atoms with van der Waals surface area (Å²) >= 11 is 0. The SMILES string of the molecule is CC.CCCC1CC2=C(C(=O)O)n3cncc3CN2C1. The van der Waals surface area contributed by atoms with Crippen molar-refractivity contribution in [1.82, 2.24) is 14.5 Å². The van der Waals surface area contributed by atoms with Crippen molar-refractivity contribution >= 4 is 11.7 Å². The van der Waals surface area contributed by atoms with Gasteiger partial charge in [-0.3, -0.25) is 4.57 Å². The number of imidazole rings is 1. The van der Waals surface area contributed by atoms with Crippen molar-refractivity contribution in [1.29, 1.82) is 0 Å². The van der Waals surface area contributed by atoms with Crippen LogP contribution in [0.4, 0.5) is 0 Å². The zero-order chi connectivity index (χ0) is 14.7. The number of hydrogen-bond acceptors (Lipinski definition) is 3. The first-order valence-electron chi connectivity index (χ1n) is 7.43. The van der Waals surface area contributed by atoms with Gasteiger partial charge in [0.15, 0.2) is 5.70 Å². The fraction of sp³-hybridized carbons (Fsp3) is 0.600. The van der Waals surface area contributed by atoms with Crippen LogP contribution in [0.2, 0.25) is 0 Å². The van der Waals surface area contributed by atoms with E-state index in [1.54, 1.807) is 17.1 Å². The van der Waals surface area contributed by atoms with E-state index >= 15 is 0 Å². The number of hydrogen-bond donors (Lipinski definition) is 1. The number of allylic oxidation sites excluding steroid dienone is 1. The van der Waals surface area contributed by atoms with Crippen LogP contribution in [0.1, 0.15) is 45.7 Å². The molecule has 5 nitrogen and oxygen atoms in total. The molecule has 2 aliphatic heterocycles. The highest BCUT2D eigenvalue weighted by molar-refractivity contribution is 6.10. The number of aliphatic carboxylic acids is 1. The van der Waals surface area contributed by atoms with Crippen LogP contribution in [0, 0.1) is 5.92 Å². The Hall–Kier alpha value is -1.78. The molecule has 1 aromatic heterocycles. The number of aromatic nitrogens is 2. The van der Waals surface area contributed by atoms with Crippen molar-refractivity contribution in [2.45, 2.75) is 46.6 Å². The summed E-state index contributed by atoms with van der Waals surface area (Å²) in [7, 11) is 0. The van der Waals surface area contributed by atoms with Gasteiger partial charge in [0.2, 0.25) is 0 Å². The van der Waals surface area contributed by atoms with E-state index < -0.39 is 5.97 Å². The number of fused-ring (bicyclic) bond motifs is 2. The summed E-state index contributed by atoms with van der Waals surface area (Å²) < 4.78 is 1.72. The highest BCUT2D eigenvalue weighted by Gasteiger charge is 2.35. The van der Waals surface area contributed by atoms with E-state index in [4.69, 9.17) is 0 Å². The fourth-order valence-electron chi connectivity index (χ4n) is 3.10. The molecule has 1 fully saturated rings. The maximum absolute atomic E-state index is 11.5. The van der Waals surface area contributed by atoms with Crippen LogP contribution >= 0.6 is 0 Å². The minimum atomic E-state index is -0.855. The Bertz CT molecular complexity index is 519. The zero-order valence-corrected chi connectivity index (χ0v) is 12.5. The fourth-order valence-corrected chi connectivity index (χ4v) is 3.10. The van der Waals surface area contributed by atoms with E-state index in [0.29, 0.717) is 11.6 Å². The Morgan fingerprint density at radius 2 is 2.25 bits per heavy atom. The lowest BCUT2D eigenvalue weighted by molar-refractivity contribution is -0.131. The number of rotatable bonds is 3. The molecule has 1 N–H and O–H groups in total. The highest BCUT2D eigenvalue weighted by Crippen LogP contribution is 2.37. The molecule has 1 unspecified atom stereocenters. The highest BCUT2D eigenvalue weighted by atomic mass is 16.4. The van der Waals surface area contributed by atoms with Gasteiger partial charge in [-0.15, -0.1) is 0 Å². The first kappa shape index (κ1) is 14.6. The third-order valence-corrected chi connectivity index (χ3v) is 3.82. The molecule has 0 radical (unpaired) electrons. The molecule has 0 aliphatic carbocycles. The minimum absolute atomic E-state index is 0.396. The van der Waals surface area contributed by atoms with Gasteiger partial charge in [-0.25, -0.2) is 9.78 Å². The molecule has 0 spiro atoms. The van der Waals surface area contributed by atoms with E-state index in [2.05, 4.69) is 16.8 Å². The van der Waals surface area contributed by atoms with Crippen molar-refractivity contribution in [3.05, 3.63) is 23.9 Å². The summed E-state index contributed by atoms with van der Waals surface area (Å²) in [4.78, 5) is 17.8. The maximum atomic E-state index is 11.5. The normalized spacial score (nSPS) is 20.1. The second kappa shape index (κ2) is 6.11. The van der Waals surface area contributed by atoms with Crippen LogP contribution in [-0.4, -0.2) is 32.1 Å². The van der Waals surface area contributed by atoms with Crippen molar-refractivity contribution in [3.8, 4) is 0 Å². The molecule has 1 saturated heterocycles. The molecule has 0 aromatic carbocycles. The van der Waals surface area contributed by atoms with Gasteiger partial charge < -0.3 is 10.0 Å². The van der Waals surface area contributed by atoms with Crippen LogP contribution in [0.25, 0.3) is 5.70 Å². The monoisotopic (exact) mass is 277 g/mol. The Morgan fingerprint density at radius 1 is 1.50 bits per heavy atom. The summed E-state index contributed by atoms with van der Waals surface area (Å²) in [6.45, 7) is 7.94. The predicted molar refractivity (Wildman–Crippen MR) is 77.9 cm³/mol. The molecule has 1 atom stereocenters. The van der Waals surface area contributed by atoms with Gasteiger partial charge in [-0.05, 0) is 18.8 Å². The topological polar surface area (TPSA) is 58.4 Å². The molecule has 3 rings (SSSR count). The molecule has 1 aromatic rings. The van der Waals surface area contributed by atoms with Crippen LogP contribution in [0.5, 0.6) is 0 Å². The lowest BCUT2D eigenvalue weighted by Crippen LogP contribution is -2.29. The van der Waals surface area contributed by atoms with Crippen LogP contribution in [0.15, 0.2) is 18.2 Å². The van der Waals surface area contributed by atoms with Gasteiger partial charge in [-0.1, -0.05) is 27.2 Å². The molecule has 5 heteroatoms. The summed E-state index contributed by atoms with van der Waals surface area (Å²) in [6.07, 6.45) is 6.57. The third-order valence-electron chi connectivity index (χ3n) is 3.82. The zero-order valence-electron chi connectivity index (χ0n) is 12.5. The summed E-state index contributed by atoms with van der Waals surface area (Å²) in [5, 5.41) is 9.43. The van der Waals surface area contributed by atoms with E-state index in [1.807, 2.05) is 13.8 Å². The Morgan fingerprint density at radius 3 is 2.90 bits per heavy atom. The van der Waals surface area contributed by atoms with Crippen molar-refractivity contribution < 1.29 is 9.90 Å². The van der Waals surface area contributed by atoms with Crippen LogP contribution in [0.3, 0.4) is 0 Å². The largest absolute Gasteiger partial charge is 0.477 e. The molecular weight excluding hydrogens is 254 g/mol. The Kier molecular flexibility index (Phi) is 4.47. The van der Waals surface area contributed by atoms with E-state index in [1.165, 1.54) is 6.42 Å². The molecule has 0 amide bonds. The number of carbonyl (C=O) groups is 1. The third kappa shape index (κ3) is 2.44. The number of carboxylic acid groups (broad SMARTS) is 1. The first-order chi connectivity index (χ1) is 9.70. The molecule has 0 bridgehead atoms. The molecule has 20 heavy (non-hydrogen) atoms. The average Bonchev–Trinajstić information content (AvgIpc) is 3.03. The molecule has 0 saturated carbocycles. The second-order valence-electron chi connectivity index (χ2n) is 5.09. The van der Waals surface area contributed by atoms with Crippen molar-refractivity contribution in [3.63, 3.8) is 0 Å². The molecule has 3 heterocycles. The number of nitrogens with zero attached hydrogens (tertiary/aromatic N) is 3. The Balaban J connectivity index is 0.000000704. The lowest BCUT2D eigenvalue weighted by Gasteiger charge is -2.27. The van der Waals surface area contributed by atoms with Gasteiger partial charge in [0.1, 0.15) is 0 Å². The summed E-state index contributed by atoms with van der Waals surface area (Å²) in [5.41, 5.74) is 2.34. The van der Waals surface area contributed by atoms with Gasteiger partial charge in [0.05, 0.1) is 24.8 Å². The van der Waals surface area contributed by atoms with Crippen LogP contribution in [-0.2, 0) is 11.3 Å². The van der Waals surface area contributed by atoms with E-state index in [-0.39, 0.29) is 0 Å². The van der Waals surface area contributed by atoms with Crippen LogP contribution < -0.4 is 0 Å². The van der Waals surface area contributed by atoms with E-state index in [0.717, 1.165) is 37.3 Å². The van der Waals surface area contributed by atoms with Crippen molar-refractivity contribution in [2.24, 2.45) is 5.92 Å². The lowest BCUT2D eigenvalue weighted by atomic mass is 10.0. The predicted octanol–water partition coefficient (Wildman–Crippen LogP) is 2.80. The molecule has 2 aliphatic rings. The summed E-state index contributed by atoms with van der Waals surface area (Å²) in [5.74, 6) is -0.261. The molecular formula is C15H23N3O2. The van der Waals surface area contributed by atoms with Gasteiger partial charge in [0.25, 0.3) is 0 Å². The minimum Gasteiger partial charge on any atom is -0.477 e. The summed E-state index contributed by atoms with van der Waals surface area (Å²) in [6, 6.07) is 0. The number of carboxylic acids is 1. The molecule has 110 valence electrons. The second-order valence-corrected chi connectivity index (χ2v) is 5.09. The average molecular weight is 277 g/mol. The van der Waals surface area contributed by atoms with E-state index in [9.17, 15) is 9.90 Å². The van der Waals surface area contributed by atoms with Crippen molar-refractivity contribution in [2.75, 3.05) is 6.54 Å². The first-order valence-corrected chi connectivity index (χ1v) is 7.43. The standard InChI is InChI=1S/C13H17N3O2.C2H6/c1-2-3-9-4-11-12(13(17)18)16-8-14-5-10(16)7-15(11)6-9;1-2/h5,8-9H,2-4,6-7H2,1H3,(H,17,18);1-2H3. The van der Waals surface area contributed by atoms with Gasteiger partial charge in [0, 0.05) is 12.2 Å². The van der Waals surface area contributed by atoms with Gasteiger partial charge >= 0.3 is 5.97 Å².